The van der Waals surface area contributed by atoms with Gasteiger partial charge in [-0.05, 0) is 18.8 Å². The molecule has 0 aliphatic heterocycles. The van der Waals surface area contributed by atoms with Crippen molar-refractivity contribution in [2.45, 2.75) is 58.4 Å². The van der Waals surface area contributed by atoms with Gasteiger partial charge in [-0.3, -0.25) is 15.0 Å². The first-order valence-electron chi connectivity index (χ1n) is 8.55. The van der Waals surface area contributed by atoms with Crippen LogP contribution in [0.4, 0.5) is 5.13 Å². The molecule has 23 heavy (non-hydrogen) atoms. The van der Waals surface area contributed by atoms with Crippen molar-refractivity contribution in [3.05, 3.63) is 5.01 Å². The van der Waals surface area contributed by atoms with Gasteiger partial charge >= 0.3 is 0 Å². The monoisotopic (exact) mass is 340 g/mol. The number of nitrogens with one attached hydrogen (secondary N) is 1. The van der Waals surface area contributed by atoms with Crippen molar-refractivity contribution in [2.75, 3.05) is 25.0 Å². The number of hydrogen-bond donors (Lipinski definition) is 2. The molecule has 0 unspecified atom stereocenters. The van der Waals surface area contributed by atoms with Crippen LogP contribution in [-0.2, 0) is 11.2 Å². The Hall–Kier alpha value is -1.05. The average Bonchev–Trinajstić information content (AvgIpc) is 2.93. The van der Waals surface area contributed by atoms with E-state index in [1.807, 2.05) is 0 Å². The number of amides is 1. The largest absolute Gasteiger partial charge is 0.395 e. The number of anilines is 1. The van der Waals surface area contributed by atoms with Gasteiger partial charge < -0.3 is 5.11 Å². The third-order valence-electron chi connectivity index (χ3n) is 4.12. The topological polar surface area (TPSA) is 78.4 Å². The lowest BCUT2D eigenvalue weighted by atomic mass is 9.94. The van der Waals surface area contributed by atoms with Crippen molar-refractivity contribution in [3.8, 4) is 0 Å². The van der Waals surface area contributed by atoms with Crippen molar-refractivity contribution >= 4 is 22.4 Å². The summed E-state index contributed by atoms with van der Waals surface area (Å²) in [5.74, 6) is 0.453. The number of aromatic nitrogens is 2. The Morgan fingerprint density at radius 2 is 2.09 bits per heavy atom. The second-order valence-corrected chi connectivity index (χ2v) is 7.70. The van der Waals surface area contributed by atoms with Crippen LogP contribution in [-0.4, -0.2) is 51.8 Å². The fourth-order valence-corrected chi connectivity index (χ4v) is 4.01. The van der Waals surface area contributed by atoms with Crippen LogP contribution in [0.2, 0.25) is 0 Å². The molecular formula is C16H28N4O2S. The molecule has 6 nitrogen and oxygen atoms in total. The average molecular weight is 340 g/mol. The molecule has 0 spiro atoms. The van der Waals surface area contributed by atoms with Crippen molar-refractivity contribution in [3.63, 3.8) is 0 Å². The minimum atomic E-state index is -0.0729. The van der Waals surface area contributed by atoms with Gasteiger partial charge in [0.05, 0.1) is 13.2 Å². The summed E-state index contributed by atoms with van der Waals surface area (Å²) in [7, 11) is 0. The van der Waals surface area contributed by atoms with Gasteiger partial charge in [-0.15, -0.1) is 10.2 Å². The molecule has 1 fully saturated rings. The zero-order valence-corrected chi connectivity index (χ0v) is 14.9. The van der Waals surface area contributed by atoms with Crippen molar-refractivity contribution in [1.82, 2.24) is 15.1 Å². The predicted octanol–water partition coefficient (Wildman–Crippen LogP) is 2.30. The molecule has 1 aromatic heterocycles. The maximum Gasteiger partial charge on any atom is 0.240 e. The lowest BCUT2D eigenvalue weighted by molar-refractivity contribution is -0.118. The van der Waals surface area contributed by atoms with Crippen LogP contribution < -0.4 is 5.32 Å². The Balaban J connectivity index is 1.86. The molecule has 130 valence electrons. The molecule has 7 heteroatoms. The predicted molar refractivity (Wildman–Crippen MR) is 92.6 cm³/mol. The van der Waals surface area contributed by atoms with E-state index >= 15 is 0 Å². The molecule has 0 saturated heterocycles. The lowest BCUT2D eigenvalue weighted by Crippen LogP contribution is -2.43. The van der Waals surface area contributed by atoms with E-state index in [0.29, 0.717) is 30.2 Å². The number of hydrogen-bond acceptors (Lipinski definition) is 6. The second-order valence-electron chi connectivity index (χ2n) is 6.63. The zero-order valence-electron chi connectivity index (χ0n) is 14.1. The molecule has 1 aliphatic carbocycles. The van der Waals surface area contributed by atoms with Crippen molar-refractivity contribution in [2.24, 2.45) is 5.92 Å². The summed E-state index contributed by atoms with van der Waals surface area (Å²) in [5, 5.41) is 21.8. The highest BCUT2D eigenvalue weighted by Gasteiger charge is 2.23. The summed E-state index contributed by atoms with van der Waals surface area (Å²) in [4.78, 5) is 14.4. The minimum Gasteiger partial charge on any atom is -0.395 e. The molecule has 0 aromatic carbocycles. The van der Waals surface area contributed by atoms with E-state index in [1.54, 1.807) is 0 Å². The van der Waals surface area contributed by atoms with E-state index < -0.39 is 0 Å². The maximum absolute atomic E-state index is 12.3. The fourth-order valence-electron chi connectivity index (χ4n) is 3.04. The third kappa shape index (κ3) is 6.16. The Labute approximate surface area is 142 Å². The summed E-state index contributed by atoms with van der Waals surface area (Å²) < 4.78 is 0. The van der Waals surface area contributed by atoms with Gasteiger partial charge in [-0.2, -0.15) is 0 Å². The first-order chi connectivity index (χ1) is 11.1. The van der Waals surface area contributed by atoms with Gasteiger partial charge in [0, 0.05) is 19.0 Å². The van der Waals surface area contributed by atoms with Crippen LogP contribution in [0.15, 0.2) is 0 Å². The van der Waals surface area contributed by atoms with Gasteiger partial charge in [0.25, 0.3) is 0 Å². The van der Waals surface area contributed by atoms with Crippen molar-refractivity contribution < 1.29 is 9.90 Å². The van der Waals surface area contributed by atoms with Crippen LogP contribution in [0, 0.1) is 5.92 Å². The van der Waals surface area contributed by atoms with Gasteiger partial charge in [0.2, 0.25) is 11.0 Å². The van der Waals surface area contributed by atoms with Gasteiger partial charge in [-0.25, -0.2) is 0 Å². The van der Waals surface area contributed by atoms with Crippen molar-refractivity contribution in [1.29, 1.82) is 0 Å². The molecule has 1 amide bonds. The normalized spacial score (nSPS) is 16.2. The second kappa shape index (κ2) is 9.30. The molecule has 2 N–H and O–H groups in total. The third-order valence-corrected chi connectivity index (χ3v) is 4.98. The van der Waals surface area contributed by atoms with Crippen LogP contribution in [0.1, 0.15) is 51.0 Å². The Bertz CT molecular complexity index is 486. The minimum absolute atomic E-state index is 0.0729. The van der Waals surface area contributed by atoms with Crippen LogP contribution in [0.25, 0.3) is 0 Å². The molecule has 1 aliphatic rings. The van der Waals surface area contributed by atoms with E-state index in [-0.39, 0.29) is 12.5 Å². The van der Waals surface area contributed by atoms with Gasteiger partial charge in [0.1, 0.15) is 5.01 Å². The summed E-state index contributed by atoms with van der Waals surface area (Å²) in [5.41, 5.74) is 0. The quantitative estimate of drug-likeness (QED) is 0.759. The highest BCUT2D eigenvalue weighted by atomic mass is 32.1. The number of aliphatic hydroxyl groups is 1. The molecule has 1 saturated carbocycles. The molecule has 1 heterocycles. The maximum atomic E-state index is 12.3. The standard InChI is InChI=1S/C16H28N4O2S/c1-12(2)10-15-18-19-16(23-15)17-14(22)11-20(8-9-21)13-6-4-3-5-7-13/h12-13,21H,3-11H2,1-2H3,(H,17,19,22). The molecule has 0 radical (unpaired) electrons. The van der Waals surface area contributed by atoms with E-state index in [2.05, 4.69) is 34.3 Å². The smallest absolute Gasteiger partial charge is 0.240 e. The number of carbonyl (C=O) groups excluding carboxylic acids is 1. The molecule has 2 rings (SSSR count). The number of rotatable bonds is 8. The Morgan fingerprint density at radius 3 is 2.74 bits per heavy atom. The van der Waals surface area contributed by atoms with E-state index in [0.717, 1.165) is 24.3 Å². The summed E-state index contributed by atoms with van der Waals surface area (Å²) in [6.45, 7) is 5.21. The SMILES string of the molecule is CC(C)Cc1nnc(NC(=O)CN(CCO)C2CCCCC2)s1. The summed E-state index contributed by atoms with van der Waals surface area (Å²) in [6, 6.07) is 0.410. The lowest BCUT2D eigenvalue weighted by Gasteiger charge is -2.33. The van der Waals surface area contributed by atoms with Crippen LogP contribution in [0.3, 0.4) is 0 Å². The number of nitrogens with zero attached hydrogens (tertiary/aromatic N) is 3. The molecule has 1 aromatic rings. The number of aliphatic hydroxyl groups excluding tert-OH is 1. The molecular weight excluding hydrogens is 312 g/mol. The van der Waals surface area contributed by atoms with E-state index in [1.165, 1.54) is 30.6 Å². The summed E-state index contributed by atoms with van der Waals surface area (Å²) in [6.07, 6.45) is 6.81. The van der Waals surface area contributed by atoms with Gasteiger partial charge in [-0.1, -0.05) is 44.4 Å². The van der Waals surface area contributed by atoms with E-state index in [4.69, 9.17) is 0 Å². The van der Waals surface area contributed by atoms with Crippen LogP contribution in [0.5, 0.6) is 0 Å². The Morgan fingerprint density at radius 1 is 1.35 bits per heavy atom. The summed E-state index contributed by atoms with van der Waals surface area (Å²) >= 11 is 1.44. The molecule has 0 atom stereocenters. The first-order valence-corrected chi connectivity index (χ1v) is 9.37. The Kier molecular flexibility index (Phi) is 7.39. The fraction of sp³-hybridized carbons (Fsp3) is 0.812. The van der Waals surface area contributed by atoms with E-state index in [9.17, 15) is 9.90 Å². The van der Waals surface area contributed by atoms with Crippen LogP contribution >= 0.6 is 11.3 Å². The first kappa shape index (κ1) is 18.3. The highest BCUT2D eigenvalue weighted by Crippen LogP contribution is 2.23. The highest BCUT2D eigenvalue weighted by molar-refractivity contribution is 7.15. The zero-order chi connectivity index (χ0) is 16.7. The molecule has 0 bridgehead atoms. The number of carbonyl (C=O) groups is 1. The van der Waals surface area contributed by atoms with Gasteiger partial charge in [0.15, 0.2) is 0 Å².